The molecule has 5 heteroatoms. The molecular weight excluding hydrogens is 384 g/mol. The summed E-state index contributed by atoms with van der Waals surface area (Å²) in [6.07, 6.45) is 0. The lowest BCUT2D eigenvalue weighted by atomic mass is 10.1. The molecule has 0 spiro atoms. The van der Waals surface area contributed by atoms with Crippen molar-refractivity contribution in [2.24, 2.45) is 5.10 Å². The van der Waals surface area contributed by atoms with Gasteiger partial charge in [-0.3, -0.25) is 19.6 Å². The number of para-hydroxylation sites is 2. The first-order chi connectivity index (χ1) is 15.2. The summed E-state index contributed by atoms with van der Waals surface area (Å²) >= 11 is 0. The lowest BCUT2D eigenvalue weighted by Crippen LogP contribution is -2.41. The van der Waals surface area contributed by atoms with Crippen LogP contribution >= 0.6 is 0 Å². The predicted octanol–water partition coefficient (Wildman–Crippen LogP) is 4.74. The van der Waals surface area contributed by atoms with Gasteiger partial charge in [-0.05, 0) is 36.9 Å². The van der Waals surface area contributed by atoms with Gasteiger partial charge >= 0.3 is 0 Å². The van der Waals surface area contributed by atoms with Crippen molar-refractivity contribution in [1.82, 2.24) is 4.90 Å². The second-order valence-electron chi connectivity index (χ2n) is 7.52. The fraction of sp³-hybridized carbons (Fsp3) is 0.231. The van der Waals surface area contributed by atoms with Crippen molar-refractivity contribution in [2.45, 2.75) is 20.4 Å². The van der Waals surface area contributed by atoms with E-state index in [0.717, 1.165) is 35.6 Å². The van der Waals surface area contributed by atoms with Gasteiger partial charge in [-0.2, -0.15) is 5.10 Å². The van der Waals surface area contributed by atoms with Gasteiger partial charge < -0.3 is 0 Å². The predicted molar refractivity (Wildman–Crippen MR) is 127 cm³/mol. The van der Waals surface area contributed by atoms with Crippen molar-refractivity contribution in [2.75, 3.05) is 29.7 Å². The van der Waals surface area contributed by atoms with Crippen LogP contribution in [0.1, 0.15) is 25.0 Å². The largest absolute Gasteiger partial charge is 0.293 e. The van der Waals surface area contributed by atoms with Crippen LogP contribution in [0.5, 0.6) is 0 Å². The molecule has 1 aliphatic heterocycles. The number of benzene rings is 3. The van der Waals surface area contributed by atoms with E-state index in [9.17, 15) is 4.79 Å². The summed E-state index contributed by atoms with van der Waals surface area (Å²) in [5, 5.41) is 6.83. The molecule has 0 bridgehead atoms. The Labute approximate surface area is 184 Å². The highest BCUT2D eigenvalue weighted by Crippen LogP contribution is 2.30. The average Bonchev–Trinajstić information content (AvgIpc) is 3.09. The molecule has 31 heavy (non-hydrogen) atoms. The molecule has 3 aromatic carbocycles. The maximum Gasteiger partial charge on any atom is 0.280 e. The minimum Gasteiger partial charge on any atom is -0.293 e. The van der Waals surface area contributed by atoms with Gasteiger partial charge in [0, 0.05) is 5.56 Å². The van der Waals surface area contributed by atoms with Crippen LogP contribution < -0.4 is 9.91 Å². The molecule has 0 saturated heterocycles. The van der Waals surface area contributed by atoms with E-state index in [-0.39, 0.29) is 5.91 Å². The Hall–Kier alpha value is -3.44. The van der Waals surface area contributed by atoms with Gasteiger partial charge in [-0.15, -0.1) is 0 Å². The molecule has 1 heterocycles. The summed E-state index contributed by atoms with van der Waals surface area (Å²) in [5.74, 6) is -0.0536. The van der Waals surface area contributed by atoms with Gasteiger partial charge in [0.2, 0.25) is 0 Å². The van der Waals surface area contributed by atoms with Crippen LogP contribution in [0.3, 0.4) is 0 Å². The molecule has 0 fully saturated rings. The molecule has 0 atom stereocenters. The Balaban J connectivity index is 1.74. The van der Waals surface area contributed by atoms with Crippen molar-refractivity contribution in [3.63, 3.8) is 0 Å². The SMILES string of the molecule is CCN(CC)CN1C(=O)/C(=N\N(Cc2ccccc2)c2ccccc2)c2ccccc21. The van der Waals surface area contributed by atoms with Crippen LogP contribution in [-0.2, 0) is 11.3 Å². The molecule has 0 radical (unpaired) electrons. The lowest BCUT2D eigenvalue weighted by molar-refractivity contribution is -0.112. The summed E-state index contributed by atoms with van der Waals surface area (Å²) in [6, 6.07) is 28.1. The number of hydrogen-bond acceptors (Lipinski definition) is 4. The minimum absolute atomic E-state index is 0.0536. The molecule has 158 valence electrons. The van der Waals surface area contributed by atoms with E-state index in [1.807, 2.05) is 82.7 Å². The monoisotopic (exact) mass is 412 g/mol. The van der Waals surface area contributed by atoms with E-state index in [0.29, 0.717) is 18.9 Å². The van der Waals surface area contributed by atoms with Crippen molar-refractivity contribution >= 4 is 23.0 Å². The first kappa shape index (κ1) is 20.8. The third-order valence-electron chi connectivity index (χ3n) is 5.58. The molecule has 0 N–H and O–H groups in total. The van der Waals surface area contributed by atoms with Gasteiger partial charge in [0.1, 0.15) is 0 Å². The Morgan fingerprint density at radius 3 is 2.10 bits per heavy atom. The normalized spacial score (nSPS) is 14.4. The Bertz CT molecular complexity index is 1050. The smallest absolute Gasteiger partial charge is 0.280 e. The number of hydrogen-bond donors (Lipinski definition) is 0. The number of hydrazone groups is 1. The van der Waals surface area contributed by atoms with E-state index < -0.39 is 0 Å². The van der Waals surface area contributed by atoms with Gasteiger partial charge in [0.25, 0.3) is 5.91 Å². The van der Waals surface area contributed by atoms with Crippen LogP contribution in [-0.4, -0.2) is 36.3 Å². The first-order valence-corrected chi connectivity index (χ1v) is 10.8. The number of fused-ring (bicyclic) bond motifs is 1. The average molecular weight is 413 g/mol. The highest BCUT2D eigenvalue weighted by atomic mass is 16.2. The van der Waals surface area contributed by atoms with Crippen LogP contribution in [0.2, 0.25) is 0 Å². The minimum atomic E-state index is -0.0536. The van der Waals surface area contributed by atoms with Crippen molar-refractivity contribution < 1.29 is 4.79 Å². The molecule has 0 aliphatic carbocycles. The zero-order chi connectivity index (χ0) is 21.6. The number of anilines is 2. The number of carbonyl (C=O) groups is 1. The highest BCUT2D eigenvalue weighted by molar-refractivity contribution is 6.54. The summed E-state index contributed by atoms with van der Waals surface area (Å²) in [5.41, 5.74) is 4.38. The second-order valence-corrected chi connectivity index (χ2v) is 7.52. The standard InChI is InChI=1S/C26H28N4O/c1-3-28(4-2)20-29-24-18-12-11-17-23(24)25(26(29)31)27-30(22-15-9-6-10-16-22)19-21-13-7-5-8-14-21/h5-18H,3-4,19-20H2,1-2H3/b27-25-. The molecule has 0 aromatic heterocycles. The van der Waals surface area contributed by atoms with E-state index >= 15 is 0 Å². The topological polar surface area (TPSA) is 39.1 Å². The van der Waals surface area contributed by atoms with Gasteiger partial charge in [0.15, 0.2) is 5.71 Å². The highest BCUT2D eigenvalue weighted by Gasteiger charge is 2.35. The number of nitrogens with zero attached hydrogens (tertiary/aromatic N) is 4. The Kier molecular flexibility index (Phi) is 6.43. The lowest BCUT2D eigenvalue weighted by Gasteiger charge is -2.25. The van der Waals surface area contributed by atoms with Crippen LogP contribution in [0.25, 0.3) is 0 Å². The molecule has 1 amide bonds. The molecule has 3 aromatic rings. The second kappa shape index (κ2) is 9.58. The number of amides is 1. The van der Waals surface area contributed by atoms with Crippen molar-refractivity contribution in [3.05, 3.63) is 96.1 Å². The van der Waals surface area contributed by atoms with Crippen molar-refractivity contribution in [1.29, 1.82) is 0 Å². The zero-order valence-electron chi connectivity index (χ0n) is 18.1. The molecule has 0 unspecified atom stereocenters. The first-order valence-electron chi connectivity index (χ1n) is 10.8. The fourth-order valence-electron chi connectivity index (χ4n) is 3.78. The van der Waals surface area contributed by atoms with E-state index in [1.165, 1.54) is 0 Å². The summed E-state index contributed by atoms with van der Waals surface area (Å²) in [7, 11) is 0. The zero-order valence-corrected chi connectivity index (χ0v) is 18.1. The quantitative estimate of drug-likeness (QED) is 0.502. The fourth-order valence-corrected chi connectivity index (χ4v) is 3.78. The maximum atomic E-state index is 13.5. The van der Waals surface area contributed by atoms with Gasteiger partial charge in [-0.1, -0.05) is 80.6 Å². The van der Waals surface area contributed by atoms with Gasteiger partial charge in [-0.25, -0.2) is 0 Å². The molecule has 1 aliphatic rings. The van der Waals surface area contributed by atoms with Crippen LogP contribution in [0.15, 0.2) is 90.0 Å². The summed E-state index contributed by atoms with van der Waals surface area (Å²) < 4.78 is 0. The summed E-state index contributed by atoms with van der Waals surface area (Å²) in [4.78, 5) is 17.6. The molecule has 4 rings (SSSR count). The summed E-state index contributed by atoms with van der Waals surface area (Å²) in [6.45, 7) is 7.15. The van der Waals surface area contributed by atoms with E-state index in [2.05, 4.69) is 30.9 Å². The van der Waals surface area contributed by atoms with Crippen LogP contribution in [0, 0.1) is 0 Å². The molecule has 5 nitrogen and oxygen atoms in total. The Morgan fingerprint density at radius 2 is 1.42 bits per heavy atom. The van der Waals surface area contributed by atoms with E-state index in [1.54, 1.807) is 0 Å². The molecular formula is C26H28N4O. The van der Waals surface area contributed by atoms with E-state index in [4.69, 9.17) is 5.10 Å². The maximum absolute atomic E-state index is 13.5. The third kappa shape index (κ3) is 4.52. The Morgan fingerprint density at radius 1 is 0.806 bits per heavy atom. The van der Waals surface area contributed by atoms with Gasteiger partial charge in [0.05, 0.1) is 24.6 Å². The van der Waals surface area contributed by atoms with Crippen molar-refractivity contribution in [3.8, 4) is 0 Å². The third-order valence-corrected chi connectivity index (χ3v) is 5.58. The number of carbonyl (C=O) groups excluding carboxylic acids is 1. The van der Waals surface area contributed by atoms with Crippen LogP contribution in [0.4, 0.5) is 11.4 Å². The molecule has 0 saturated carbocycles. The number of rotatable bonds is 8.